The Morgan fingerprint density at radius 1 is 0.423 bits per heavy atom. The van der Waals surface area contributed by atoms with Crippen molar-refractivity contribution in [3.05, 3.63) is 60.8 Å². The molecule has 0 saturated heterocycles. The van der Waals surface area contributed by atoms with E-state index in [1.54, 1.807) is 0 Å². The zero-order valence-electron chi connectivity index (χ0n) is 46.2. The van der Waals surface area contributed by atoms with E-state index in [2.05, 4.69) is 74.6 Å². The fourth-order valence-electron chi connectivity index (χ4n) is 8.45. The molecule has 71 heavy (non-hydrogen) atoms. The summed E-state index contributed by atoms with van der Waals surface area (Å²) in [6.07, 6.45) is 71.7. The van der Waals surface area contributed by atoms with E-state index in [0.717, 1.165) is 70.6 Å². The number of ether oxygens (including phenoxy) is 2. The topological polar surface area (TPSA) is 134 Å². The molecule has 10 heteroatoms. The molecule has 0 amide bonds. The number of rotatable bonds is 56. The van der Waals surface area contributed by atoms with E-state index in [1.165, 1.54) is 173 Å². The predicted octanol–water partition coefficient (Wildman–Crippen LogP) is 18.7. The van der Waals surface area contributed by atoms with Gasteiger partial charge in [0.1, 0.15) is 6.61 Å². The number of phosphoric ester groups is 1. The molecule has 9 nitrogen and oxygen atoms in total. The summed E-state index contributed by atoms with van der Waals surface area (Å²) in [7, 11) is -4.39. The first-order valence-corrected chi connectivity index (χ1v) is 31.3. The molecule has 0 rings (SSSR count). The van der Waals surface area contributed by atoms with Gasteiger partial charge >= 0.3 is 19.8 Å². The van der Waals surface area contributed by atoms with Crippen LogP contribution in [0.1, 0.15) is 284 Å². The molecule has 0 aromatic rings. The van der Waals surface area contributed by atoms with Crippen molar-refractivity contribution in [3.8, 4) is 0 Å². The monoisotopic (exact) mass is 1020 g/mol. The summed E-state index contributed by atoms with van der Waals surface area (Å²) in [5, 5.41) is 0. The van der Waals surface area contributed by atoms with Gasteiger partial charge in [-0.3, -0.25) is 18.6 Å². The lowest BCUT2D eigenvalue weighted by Crippen LogP contribution is -2.29. The van der Waals surface area contributed by atoms with Crippen LogP contribution in [0.4, 0.5) is 0 Å². The lowest BCUT2D eigenvalue weighted by molar-refractivity contribution is -0.161. The zero-order chi connectivity index (χ0) is 51.7. The molecular weight excluding hydrogens is 906 g/mol. The number of phosphoric acid groups is 1. The Balaban J connectivity index is 3.79. The Morgan fingerprint density at radius 2 is 0.761 bits per heavy atom. The first kappa shape index (κ1) is 68.7. The van der Waals surface area contributed by atoms with Crippen molar-refractivity contribution in [1.29, 1.82) is 0 Å². The largest absolute Gasteiger partial charge is 0.472 e. The minimum atomic E-state index is -4.39. The molecular formula is C61H112NO8P. The number of nitrogens with two attached hydrogens (primary N) is 1. The van der Waals surface area contributed by atoms with E-state index >= 15 is 0 Å². The van der Waals surface area contributed by atoms with Gasteiger partial charge in [0.05, 0.1) is 13.2 Å². The first-order valence-electron chi connectivity index (χ1n) is 29.8. The minimum Gasteiger partial charge on any atom is -0.462 e. The maximum Gasteiger partial charge on any atom is 0.472 e. The van der Waals surface area contributed by atoms with Crippen LogP contribution in [-0.4, -0.2) is 49.3 Å². The van der Waals surface area contributed by atoms with Gasteiger partial charge in [-0.15, -0.1) is 0 Å². The van der Waals surface area contributed by atoms with E-state index in [-0.39, 0.29) is 32.6 Å². The van der Waals surface area contributed by atoms with E-state index in [1.807, 2.05) is 0 Å². The van der Waals surface area contributed by atoms with Gasteiger partial charge < -0.3 is 20.1 Å². The number of hydrogen-bond donors (Lipinski definition) is 2. The van der Waals surface area contributed by atoms with Crippen LogP contribution in [0.15, 0.2) is 60.8 Å². The minimum absolute atomic E-state index is 0.0512. The summed E-state index contributed by atoms with van der Waals surface area (Å²) in [5.74, 6) is -0.837. The van der Waals surface area contributed by atoms with Crippen molar-refractivity contribution >= 4 is 19.8 Å². The number of allylic oxidation sites excluding steroid dienone is 10. The molecule has 2 atom stereocenters. The van der Waals surface area contributed by atoms with Crippen molar-refractivity contribution in [2.24, 2.45) is 5.73 Å². The molecule has 0 heterocycles. The molecule has 0 spiro atoms. The molecule has 0 fully saturated rings. The zero-order valence-corrected chi connectivity index (χ0v) is 47.1. The highest BCUT2D eigenvalue weighted by atomic mass is 31.2. The summed E-state index contributed by atoms with van der Waals surface area (Å²) in [5.41, 5.74) is 5.37. The summed E-state index contributed by atoms with van der Waals surface area (Å²) in [4.78, 5) is 35.1. The summed E-state index contributed by atoms with van der Waals surface area (Å²) >= 11 is 0. The third-order valence-corrected chi connectivity index (χ3v) is 13.8. The van der Waals surface area contributed by atoms with Gasteiger partial charge in [0.2, 0.25) is 0 Å². The third kappa shape index (κ3) is 56.9. The van der Waals surface area contributed by atoms with E-state index < -0.39 is 32.5 Å². The van der Waals surface area contributed by atoms with Crippen LogP contribution in [0.25, 0.3) is 0 Å². The molecule has 0 aliphatic carbocycles. The van der Waals surface area contributed by atoms with Crippen molar-refractivity contribution in [2.45, 2.75) is 290 Å². The highest BCUT2D eigenvalue weighted by Gasteiger charge is 2.26. The highest BCUT2D eigenvalue weighted by Crippen LogP contribution is 2.43. The maximum absolute atomic E-state index is 12.7. The Kier molecular flexibility index (Phi) is 55.2. The smallest absolute Gasteiger partial charge is 0.462 e. The number of unbranched alkanes of at least 4 members (excludes halogenated alkanes) is 33. The molecule has 0 aliphatic rings. The lowest BCUT2D eigenvalue weighted by Gasteiger charge is -2.19. The van der Waals surface area contributed by atoms with Crippen LogP contribution < -0.4 is 5.73 Å². The predicted molar refractivity (Wildman–Crippen MR) is 303 cm³/mol. The van der Waals surface area contributed by atoms with Gasteiger partial charge in [-0.25, -0.2) is 4.57 Å². The van der Waals surface area contributed by atoms with Gasteiger partial charge in [0.25, 0.3) is 0 Å². The second-order valence-electron chi connectivity index (χ2n) is 19.9. The Morgan fingerprint density at radius 3 is 1.14 bits per heavy atom. The molecule has 0 aromatic heterocycles. The Labute approximate surface area is 438 Å². The third-order valence-electron chi connectivity index (χ3n) is 12.9. The second-order valence-corrected chi connectivity index (χ2v) is 21.3. The van der Waals surface area contributed by atoms with Crippen LogP contribution >= 0.6 is 7.82 Å². The summed E-state index contributed by atoms with van der Waals surface area (Å²) in [6.45, 7) is 3.67. The maximum atomic E-state index is 12.7. The molecule has 0 saturated carbocycles. The number of carbonyl (C=O) groups is 2. The summed E-state index contributed by atoms with van der Waals surface area (Å²) in [6, 6.07) is 0. The summed E-state index contributed by atoms with van der Waals surface area (Å²) < 4.78 is 32.9. The number of carbonyl (C=O) groups excluding carboxylic acids is 2. The van der Waals surface area contributed by atoms with Gasteiger partial charge in [-0.05, 0) is 77.0 Å². The molecule has 0 radical (unpaired) electrons. The molecule has 0 aromatic carbocycles. The fraction of sp³-hybridized carbons (Fsp3) is 0.803. The van der Waals surface area contributed by atoms with Crippen molar-refractivity contribution in [2.75, 3.05) is 26.4 Å². The quantitative estimate of drug-likeness (QED) is 0.0264. The van der Waals surface area contributed by atoms with Crippen LogP contribution in [-0.2, 0) is 32.7 Å². The Hall–Kier alpha value is -2.29. The molecule has 2 unspecified atom stereocenters. The van der Waals surface area contributed by atoms with Crippen LogP contribution in [0.3, 0.4) is 0 Å². The van der Waals surface area contributed by atoms with Crippen LogP contribution in [0.2, 0.25) is 0 Å². The fourth-order valence-corrected chi connectivity index (χ4v) is 9.21. The molecule has 414 valence electrons. The average Bonchev–Trinajstić information content (AvgIpc) is 3.36. The standard InChI is InChI=1S/C61H112NO8P/c1-3-5-7-9-11-13-15-17-18-19-20-21-22-23-24-25-26-27-28-29-30-31-32-33-34-35-36-37-38-39-40-42-44-46-48-50-52-54-61(64)70-59(58-69-71(65,66)68-56-55-62)57-67-60(63)53-51-49-47-45-43-41-16-14-12-10-8-6-4-2/h8,10,14-17,19-20,22-23,59H,3-7,9,11-13,18,21,24-58,62H2,1-2H3,(H,65,66)/b10-8-,16-14-,17-15-,20-19-,23-22-. The normalized spacial score (nSPS) is 13.5. The number of esters is 2. The van der Waals surface area contributed by atoms with Gasteiger partial charge in [0, 0.05) is 19.4 Å². The van der Waals surface area contributed by atoms with Crippen LogP contribution in [0.5, 0.6) is 0 Å². The molecule has 0 bridgehead atoms. The molecule has 0 aliphatic heterocycles. The number of hydrogen-bond acceptors (Lipinski definition) is 8. The van der Waals surface area contributed by atoms with Crippen molar-refractivity contribution in [3.63, 3.8) is 0 Å². The van der Waals surface area contributed by atoms with Crippen molar-refractivity contribution < 1.29 is 37.6 Å². The highest BCUT2D eigenvalue weighted by molar-refractivity contribution is 7.47. The molecule has 3 N–H and O–H groups in total. The van der Waals surface area contributed by atoms with Gasteiger partial charge in [0.15, 0.2) is 6.10 Å². The lowest BCUT2D eigenvalue weighted by atomic mass is 10.0. The van der Waals surface area contributed by atoms with Gasteiger partial charge in [-0.2, -0.15) is 0 Å². The van der Waals surface area contributed by atoms with E-state index in [0.29, 0.717) is 12.8 Å². The average molecular weight is 1020 g/mol. The van der Waals surface area contributed by atoms with Gasteiger partial charge in [-0.1, -0.05) is 254 Å². The van der Waals surface area contributed by atoms with Crippen molar-refractivity contribution in [1.82, 2.24) is 0 Å². The van der Waals surface area contributed by atoms with E-state index in [9.17, 15) is 19.0 Å². The first-order chi connectivity index (χ1) is 34.8. The SMILES string of the molecule is CCC/C=C\C/C=C\CCCCCCCC(=O)OCC(COP(=O)(O)OCCN)OC(=O)CCCCCCCCCCCCCCCCCCCCCCCC/C=C\C/C=C\C/C=C\CCCCCCC. The van der Waals surface area contributed by atoms with E-state index in [4.69, 9.17) is 24.3 Å². The Bertz CT molecular complexity index is 1350. The van der Waals surface area contributed by atoms with Crippen LogP contribution in [0, 0.1) is 0 Å². The second kappa shape index (κ2) is 57.0.